The van der Waals surface area contributed by atoms with Gasteiger partial charge in [0.15, 0.2) is 0 Å². The summed E-state index contributed by atoms with van der Waals surface area (Å²) < 4.78 is 0. The molecule has 4 heteroatoms. The van der Waals surface area contributed by atoms with Crippen LogP contribution in [0.3, 0.4) is 0 Å². The fourth-order valence-corrected chi connectivity index (χ4v) is 1.17. The summed E-state index contributed by atoms with van der Waals surface area (Å²) >= 11 is 0. The molecule has 0 aliphatic rings. The van der Waals surface area contributed by atoms with E-state index in [1.807, 2.05) is 0 Å². The summed E-state index contributed by atoms with van der Waals surface area (Å²) in [5.74, 6) is 0.233. The number of hydrazone groups is 1. The molecule has 0 saturated heterocycles. The highest BCUT2D eigenvalue weighted by Crippen LogP contribution is 2.22. The highest BCUT2D eigenvalue weighted by atomic mass is 16.3. The Morgan fingerprint density at radius 1 is 1.29 bits per heavy atom. The monoisotopic (exact) mass is 194 g/mol. The minimum absolute atomic E-state index is 0.117. The summed E-state index contributed by atoms with van der Waals surface area (Å²) in [5.41, 5.74) is 1.20. The van der Waals surface area contributed by atoms with Crippen molar-refractivity contribution in [2.75, 3.05) is 14.1 Å². The topological polar surface area (TPSA) is 56.1 Å². The highest BCUT2D eigenvalue weighted by molar-refractivity contribution is 6.01. The molecule has 4 nitrogen and oxygen atoms in total. The molecule has 0 amide bonds. The lowest BCUT2D eigenvalue weighted by atomic mass is 10.1. The molecule has 0 aromatic heterocycles. The molecule has 0 aliphatic heterocycles. The molecule has 0 fully saturated rings. The fourth-order valence-electron chi connectivity index (χ4n) is 1.17. The number of hydrogen-bond donors (Lipinski definition) is 2. The normalized spacial score (nSPS) is 11.5. The van der Waals surface area contributed by atoms with E-state index in [0.29, 0.717) is 11.3 Å². The molecule has 1 rings (SSSR count). The first-order valence-corrected chi connectivity index (χ1v) is 4.25. The van der Waals surface area contributed by atoms with Crippen molar-refractivity contribution in [3.8, 4) is 11.5 Å². The average molecular weight is 194 g/mol. The van der Waals surface area contributed by atoms with Gasteiger partial charge in [-0.2, -0.15) is 5.10 Å². The Morgan fingerprint density at radius 2 is 1.93 bits per heavy atom. The van der Waals surface area contributed by atoms with Gasteiger partial charge in [-0.25, -0.2) is 0 Å². The van der Waals surface area contributed by atoms with Crippen molar-refractivity contribution in [2.45, 2.75) is 6.92 Å². The van der Waals surface area contributed by atoms with E-state index >= 15 is 0 Å². The number of rotatable bonds is 2. The maximum Gasteiger partial charge on any atom is 0.124 e. The van der Waals surface area contributed by atoms with Crippen LogP contribution in [0.1, 0.15) is 12.5 Å². The van der Waals surface area contributed by atoms with Crippen molar-refractivity contribution in [3.63, 3.8) is 0 Å². The van der Waals surface area contributed by atoms with E-state index in [0.717, 1.165) is 0 Å². The van der Waals surface area contributed by atoms with Crippen molar-refractivity contribution in [3.05, 3.63) is 23.8 Å². The molecule has 2 N–H and O–H groups in total. The van der Waals surface area contributed by atoms with Crippen LogP contribution >= 0.6 is 0 Å². The van der Waals surface area contributed by atoms with Crippen LogP contribution < -0.4 is 0 Å². The molecule has 1 aromatic carbocycles. The number of benzene rings is 1. The predicted molar refractivity (Wildman–Crippen MR) is 55.7 cm³/mol. The van der Waals surface area contributed by atoms with Gasteiger partial charge in [0.1, 0.15) is 11.5 Å². The average Bonchev–Trinajstić information content (AvgIpc) is 2.08. The van der Waals surface area contributed by atoms with E-state index in [4.69, 9.17) is 0 Å². The fraction of sp³-hybridized carbons (Fsp3) is 0.300. The second kappa shape index (κ2) is 4.00. The summed E-state index contributed by atoms with van der Waals surface area (Å²) in [6.45, 7) is 1.77. The van der Waals surface area contributed by atoms with Gasteiger partial charge >= 0.3 is 0 Å². The molecule has 0 heterocycles. The zero-order valence-corrected chi connectivity index (χ0v) is 8.52. The Labute approximate surface area is 83.1 Å². The van der Waals surface area contributed by atoms with E-state index in [1.54, 1.807) is 26.0 Å². The Morgan fingerprint density at radius 3 is 2.50 bits per heavy atom. The summed E-state index contributed by atoms with van der Waals surface area (Å²) in [4.78, 5) is 0. The highest BCUT2D eigenvalue weighted by Gasteiger charge is 2.05. The van der Waals surface area contributed by atoms with Gasteiger partial charge in [0, 0.05) is 19.7 Å². The predicted octanol–water partition coefficient (Wildman–Crippen LogP) is 1.38. The standard InChI is InChI=1S/C10H14N2O2/c1-7(11-12(2)3)9-6-8(13)4-5-10(9)14/h4-6,13-14H,1-3H3/b11-7+. The minimum atomic E-state index is 0.117. The first kappa shape index (κ1) is 10.4. The van der Waals surface area contributed by atoms with Crippen LogP contribution in [0.15, 0.2) is 23.3 Å². The molecule has 0 bridgehead atoms. The molecule has 0 radical (unpaired) electrons. The van der Waals surface area contributed by atoms with Crippen LogP contribution in [0.5, 0.6) is 11.5 Å². The van der Waals surface area contributed by atoms with Crippen molar-refractivity contribution in [1.29, 1.82) is 0 Å². The maximum atomic E-state index is 9.51. The minimum Gasteiger partial charge on any atom is -0.508 e. The lowest BCUT2D eigenvalue weighted by Crippen LogP contribution is -2.07. The first-order chi connectivity index (χ1) is 6.50. The zero-order valence-electron chi connectivity index (χ0n) is 8.52. The number of phenols is 2. The van der Waals surface area contributed by atoms with Gasteiger partial charge in [-0.05, 0) is 25.1 Å². The van der Waals surface area contributed by atoms with Gasteiger partial charge < -0.3 is 15.2 Å². The van der Waals surface area contributed by atoms with Crippen molar-refractivity contribution in [2.24, 2.45) is 5.10 Å². The zero-order chi connectivity index (χ0) is 10.7. The van der Waals surface area contributed by atoms with Gasteiger partial charge in [0.25, 0.3) is 0 Å². The summed E-state index contributed by atoms with van der Waals surface area (Å²) in [5, 5.41) is 24.5. The number of phenolic OH excluding ortho intramolecular Hbond substituents is 2. The van der Waals surface area contributed by atoms with E-state index in [-0.39, 0.29) is 11.5 Å². The van der Waals surface area contributed by atoms with Crippen LogP contribution in [0.4, 0.5) is 0 Å². The maximum absolute atomic E-state index is 9.51. The molecule has 0 spiro atoms. The van der Waals surface area contributed by atoms with Crippen LogP contribution in [-0.4, -0.2) is 35.0 Å². The van der Waals surface area contributed by atoms with Gasteiger partial charge in [-0.1, -0.05) is 0 Å². The van der Waals surface area contributed by atoms with Crippen LogP contribution in [-0.2, 0) is 0 Å². The number of aromatic hydroxyl groups is 2. The lowest BCUT2D eigenvalue weighted by Gasteiger charge is -2.08. The Kier molecular flexibility index (Phi) is 2.96. The third-order valence-electron chi connectivity index (χ3n) is 1.72. The second-order valence-electron chi connectivity index (χ2n) is 3.23. The van der Waals surface area contributed by atoms with Gasteiger partial charge in [-0.3, -0.25) is 0 Å². The third-order valence-corrected chi connectivity index (χ3v) is 1.72. The Bertz CT molecular complexity index is 359. The third kappa shape index (κ3) is 2.39. The van der Waals surface area contributed by atoms with E-state index in [9.17, 15) is 10.2 Å². The van der Waals surface area contributed by atoms with Crippen molar-refractivity contribution >= 4 is 5.71 Å². The Balaban J connectivity index is 3.12. The summed E-state index contributed by atoms with van der Waals surface area (Å²) in [6.07, 6.45) is 0. The van der Waals surface area contributed by atoms with E-state index < -0.39 is 0 Å². The molecule has 0 aliphatic carbocycles. The Hall–Kier alpha value is -1.71. The lowest BCUT2D eigenvalue weighted by molar-refractivity contribution is 0.435. The van der Waals surface area contributed by atoms with Crippen LogP contribution in [0.25, 0.3) is 0 Å². The summed E-state index contributed by atoms with van der Waals surface area (Å²) in [7, 11) is 3.59. The number of hydrogen-bond acceptors (Lipinski definition) is 4. The van der Waals surface area contributed by atoms with Crippen molar-refractivity contribution in [1.82, 2.24) is 5.01 Å². The van der Waals surface area contributed by atoms with E-state index in [1.165, 1.54) is 18.2 Å². The largest absolute Gasteiger partial charge is 0.508 e. The van der Waals surface area contributed by atoms with E-state index in [2.05, 4.69) is 5.10 Å². The smallest absolute Gasteiger partial charge is 0.124 e. The van der Waals surface area contributed by atoms with Crippen LogP contribution in [0.2, 0.25) is 0 Å². The van der Waals surface area contributed by atoms with Gasteiger partial charge in [0.05, 0.1) is 5.71 Å². The summed E-state index contributed by atoms with van der Waals surface area (Å²) in [6, 6.07) is 4.36. The SMILES string of the molecule is C/C(=N\N(C)C)c1cc(O)ccc1O. The molecular weight excluding hydrogens is 180 g/mol. The first-order valence-electron chi connectivity index (χ1n) is 4.25. The van der Waals surface area contributed by atoms with Gasteiger partial charge in [0.2, 0.25) is 0 Å². The molecule has 76 valence electrons. The van der Waals surface area contributed by atoms with Gasteiger partial charge in [-0.15, -0.1) is 0 Å². The second-order valence-corrected chi connectivity index (χ2v) is 3.23. The molecule has 0 atom stereocenters. The molecule has 1 aromatic rings. The molecule has 0 saturated carbocycles. The molecule has 14 heavy (non-hydrogen) atoms. The molecular formula is C10H14N2O2. The molecule has 0 unspecified atom stereocenters. The quantitative estimate of drug-likeness (QED) is 0.425. The van der Waals surface area contributed by atoms with Crippen LogP contribution in [0, 0.1) is 0 Å². The number of nitrogens with zero attached hydrogens (tertiary/aromatic N) is 2. The van der Waals surface area contributed by atoms with Crippen molar-refractivity contribution < 1.29 is 10.2 Å².